The average molecular weight is 511 g/mol. The predicted molar refractivity (Wildman–Crippen MR) is 138 cm³/mol. The van der Waals surface area contributed by atoms with Crippen molar-refractivity contribution in [1.29, 1.82) is 0 Å². The lowest BCUT2D eigenvalue weighted by Gasteiger charge is -2.23. The van der Waals surface area contributed by atoms with Gasteiger partial charge in [0.25, 0.3) is 0 Å². The second kappa shape index (κ2) is 10.9. The fraction of sp³-hybridized carbons (Fsp3) is 0.360. The van der Waals surface area contributed by atoms with Gasteiger partial charge in [-0.25, -0.2) is 4.98 Å². The summed E-state index contributed by atoms with van der Waals surface area (Å²) in [7, 11) is 0. The van der Waals surface area contributed by atoms with Crippen LogP contribution >= 0.6 is 23.4 Å². The van der Waals surface area contributed by atoms with Gasteiger partial charge in [-0.1, -0.05) is 23.7 Å². The summed E-state index contributed by atoms with van der Waals surface area (Å²) in [6, 6.07) is 12.1. The van der Waals surface area contributed by atoms with E-state index in [9.17, 15) is 4.79 Å². The number of hydrogen-bond donors (Lipinski definition) is 3. The molecule has 1 aromatic carbocycles. The van der Waals surface area contributed by atoms with Gasteiger partial charge in [0.15, 0.2) is 5.82 Å². The van der Waals surface area contributed by atoms with E-state index in [-0.39, 0.29) is 17.3 Å². The zero-order valence-corrected chi connectivity index (χ0v) is 20.9. The number of hydrogen-bond acceptors (Lipinski definition) is 7. The molecular formula is C25H27ClN6O2S. The zero-order valence-electron chi connectivity index (χ0n) is 19.3. The first-order valence-electron chi connectivity index (χ1n) is 11.7. The minimum atomic E-state index is -0.246. The van der Waals surface area contributed by atoms with Crippen LogP contribution in [0.1, 0.15) is 54.5 Å². The molecule has 4 heterocycles. The molecule has 3 atom stereocenters. The Kier molecular flexibility index (Phi) is 7.48. The van der Waals surface area contributed by atoms with Gasteiger partial charge >= 0.3 is 0 Å². The highest BCUT2D eigenvalue weighted by molar-refractivity contribution is 8.08. The van der Waals surface area contributed by atoms with E-state index in [4.69, 9.17) is 16.3 Å². The van der Waals surface area contributed by atoms with E-state index in [1.807, 2.05) is 36.4 Å². The number of rotatable bonds is 8. The molecule has 0 aliphatic carbocycles. The molecule has 0 spiro atoms. The largest absolute Gasteiger partial charge is 0.367 e. The molecule has 182 valence electrons. The van der Waals surface area contributed by atoms with Crippen LogP contribution in [-0.2, 0) is 9.53 Å². The first kappa shape index (κ1) is 24.0. The number of pyridine rings is 1. The van der Waals surface area contributed by atoms with Crippen molar-refractivity contribution in [3.63, 3.8) is 0 Å². The summed E-state index contributed by atoms with van der Waals surface area (Å²) in [5.74, 6) is 1.12. The number of benzene rings is 1. The number of anilines is 1. The Balaban J connectivity index is 1.48. The SMILES string of the molecule is CC(=O)Nc1cc(C2CC(C(OC[C@@H]3CCCN3)c3ccc(Cl)cc3)=C(c3nnc[nH]3)S2)ccn1. The van der Waals surface area contributed by atoms with Gasteiger partial charge in [-0.05, 0) is 66.8 Å². The predicted octanol–water partition coefficient (Wildman–Crippen LogP) is 4.91. The normalized spacial score (nSPS) is 20.9. The summed E-state index contributed by atoms with van der Waals surface area (Å²) in [5.41, 5.74) is 3.28. The van der Waals surface area contributed by atoms with E-state index in [0.29, 0.717) is 23.5 Å². The number of nitrogens with zero attached hydrogens (tertiary/aromatic N) is 3. The second-order valence-electron chi connectivity index (χ2n) is 8.72. The Labute approximate surface area is 213 Å². The Morgan fingerprint density at radius 1 is 1.31 bits per heavy atom. The average Bonchev–Trinajstić information content (AvgIpc) is 3.62. The molecule has 3 N–H and O–H groups in total. The summed E-state index contributed by atoms with van der Waals surface area (Å²) < 4.78 is 6.62. The summed E-state index contributed by atoms with van der Waals surface area (Å²) in [4.78, 5) is 20.0. The van der Waals surface area contributed by atoms with E-state index >= 15 is 0 Å². The molecule has 2 unspecified atom stereocenters. The van der Waals surface area contributed by atoms with Crippen molar-refractivity contribution in [2.75, 3.05) is 18.5 Å². The van der Waals surface area contributed by atoms with Gasteiger partial charge in [0, 0.05) is 29.4 Å². The Morgan fingerprint density at radius 2 is 2.17 bits per heavy atom. The summed E-state index contributed by atoms with van der Waals surface area (Å²) in [5, 5.41) is 15.4. The number of halogens is 1. The van der Waals surface area contributed by atoms with Crippen LogP contribution < -0.4 is 10.6 Å². The van der Waals surface area contributed by atoms with Gasteiger partial charge in [-0.3, -0.25) is 4.79 Å². The number of amides is 1. The van der Waals surface area contributed by atoms with Gasteiger partial charge in [0.05, 0.1) is 11.5 Å². The number of aromatic nitrogens is 4. The molecule has 2 aliphatic rings. The monoisotopic (exact) mass is 510 g/mol. The summed E-state index contributed by atoms with van der Waals surface area (Å²) in [6.45, 7) is 3.13. The van der Waals surface area contributed by atoms with Crippen LogP contribution in [0.2, 0.25) is 5.02 Å². The summed E-state index contributed by atoms with van der Waals surface area (Å²) in [6.07, 6.45) is 6.12. The van der Waals surface area contributed by atoms with Crippen molar-refractivity contribution in [3.8, 4) is 0 Å². The lowest BCUT2D eigenvalue weighted by atomic mass is 9.95. The maximum absolute atomic E-state index is 11.5. The third-order valence-corrected chi connectivity index (χ3v) is 7.83. The van der Waals surface area contributed by atoms with Crippen LogP contribution in [-0.4, -0.2) is 45.3 Å². The molecule has 3 aromatic rings. The van der Waals surface area contributed by atoms with Crippen LogP contribution in [0.15, 0.2) is 54.5 Å². The molecule has 0 bridgehead atoms. The van der Waals surface area contributed by atoms with Crippen molar-refractivity contribution in [1.82, 2.24) is 25.5 Å². The molecule has 5 rings (SSSR count). The van der Waals surface area contributed by atoms with E-state index in [1.54, 1.807) is 24.3 Å². The first-order valence-corrected chi connectivity index (χ1v) is 12.9. The maximum Gasteiger partial charge on any atom is 0.222 e. The van der Waals surface area contributed by atoms with Gasteiger partial charge in [-0.15, -0.1) is 22.0 Å². The van der Waals surface area contributed by atoms with Crippen LogP contribution in [0.3, 0.4) is 0 Å². The quantitative estimate of drug-likeness (QED) is 0.395. The van der Waals surface area contributed by atoms with Gasteiger partial charge in [0.1, 0.15) is 18.2 Å². The topological polar surface area (TPSA) is 105 Å². The third kappa shape index (κ3) is 5.75. The van der Waals surface area contributed by atoms with E-state index in [0.717, 1.165) is 46.8 Å². The smallest absolute Gasteiger partial charge is 0.222 e. The zero-order chi connectivity index (χ0) is 24.2. The molecule has 8 nitrogen and oxygen atoms in total. The van der Waals surface area contributed by atoms with Crippen molar-refractivity contribution < 1.29 is 9.53 Å². The fourth-order valence-electron chi connectivity index (χ4n) is 4.53. The van der Waals surface area contributed by atoms with Crippen LogP contribution in [0.4, 0.5) is 5.82 Å². The van der Waals surface area contributed by atoms with Crippen LogP contribution in [0.25, 0.3) is 4.91 Å². The third-order valence-electron chi connectivity index (χ3n) is 6.16. The Morgan fingerprint density at radius 3 is 2.89 bits per heavy atom. The second-order valence-corrected chi connectivity index (χ2v) is 10.4. The van der Waals surface area contributed by atoms with E-state index in [1.165, 1.54) is 13.3 Å². The van der Waals surface area contributed by atoms with Crippen LogP contribution in [0, 0.1) is 0 Å². The molecule has 10 heteroatoms. The number of nitrogens with one attached hydrogen (secondary N) is 3. The lowest BCUT2D eigenvalue weighted by Crippen LogP contribution is -2.28. The summed E-state index contributed by atoms with van der Waals surface area (Å²) >= 11 is 7.92. The van der Waals surface area contributed by atoms with Crippen molar-refractivity contribution in [2.45, 2.75) is 43.6 Å². The number of carbonyl (C=O) groups is 1. The Bertz CT molecular complexity index is 1190. The van der Waals surface area contributed by atoms with Gasteiger partial charge in [-0.2, -0.15) is 0 Å². The number of H-pyrrole nitrogens is 1. The lowest BCUT2D eigenvalue weighted by molar-refractivity contribution is -0.114. The first-order chi connectivity index (χ1) is 17.1. The Hall–Kier alpha value is -2.72. The molecule has 1 saturated heterocycles. The molecule has 35 heavy (non-hydrogen) atoms. The molecule has 2 aromatic heterocycles. The standard InChI is InChI=1S/C25H27ClN6O2S/c1-15(33)31-22-11-17(8-10-28-22)21-12-20(24(35-21)25-29-14-30-32-25)23(16-4-6-18(26)7-5-16)34-13-19-3-2-9-27-19/h4-8,10-11,14,19,21,23,27H,2-3,9,12-13H2,1H3,(H,28,31,33)(H,29,30,32)/t19-,21?,23?/m0/s1. The van der Waals surface area contributed by atoms with E-state index < -0.39 is 0 Å². The fourth-order valence-corrected chi connectivity index (χ4v) is 6.04. The molecular weight excluding hydrogens is 484 g/mol. The maximum atomic E-state index is 11.5. The highest BCUT2D eigenvalue weighted by Crippen LogP contribution is 2.55. The number of aromatic amines is 1. The molecule has 1 fully saturated rings. The van der Waals surface area contributed by atoms with Crippen molar-refractivity contribution >= 4 is 40.0 Å². The number of ether oxygens (including phenoxy) is 1. The highest BCUT2D eigenvalue weighted by Gasteiger charge is 2.35. The molecule has 2 aliphatic heterocycles. The molecule has 1 amide bonds. The van der Waals surface area contributed by atoms with Gasteiger partial charge < -0.3 is 20.4 Å². The number of thioether (sulfide) groups is 1. The van der Waals surface area contributed by atoms with E-state index in [2.05, 4.69) is 30.8 Å². The molecule has 0 radical (unpaired) electrons. The number of carbonyl (C=O) groups excluding carboxylic acids is 1. The minimum Gasteiger partial charge on any atom is -0.367 e. The minimum absolute atomic E-state index is 0.114. The van der Waals surface area contributed by atoms with Crippen molar-refractivity contribution in [3.05, 3.63) is 76.5 Å². The van der Waals surface area contributed by atoms with Crippen LogP contribution in [0.5, 0.6) is 0 Å². The molecule has 0 saturated carbocycles. The highest BCUT2D eigenvalue weighted by atomic mass is 35.5. The van der Waals surface area contributed by atoms with Gasteiger partial charge in [0.2, 0.25) is 5.91 Å². The van der Waals surface area contributed by atoms with Crippen molar-refractivity contribution in [2.24, 2.45) is 0 Å².